The molecule has 0 aliphatic heterocycles. The quantitative estimate of drug-likeness (QED) is 0.591. The van der Waals surface area contributed by atoms with E-state index in [0.717, 1.165) is 12.5 Å². The van der Waals surface area contributed by atoms with Crippen molar-refractivity contribution in [3.8, 4) is 0 Å². The molecule has 3 aromatic rings. The first-order valence-corrected chi connectivity index (χ1v) is 9.52. The van der Waals surface area contributed by atoms with E-state index in [-0.39, 0.29) is 5.92 Å². The Balaban J connectivity index is 1.62. The summed E-state index contributed by atoms with van der Waals surface area (Å²) in [4.78, 5) is 0. The van der Waals surface area contributed by atoms with Crippen LogP contribution in [0.25, 0.3) is 0 Å². The Morgan fingerprint density at radius 1 is 0.800 bits per heavy atom. The standard InChI is InChI=1S/C23H26N2/c1-4-10-19(11-5-1)17-25-18-22(16-24-25)23(20-12-6-2-7-13-20)21-14-8-3-9-15-21/h2-3,6-9,12-16,18-19,23H,1,4-5,10-11,17H2. The molecule has 25 heavy (non-hydrogen) atoms. The fraction of sp³-hybridized carbons (Fsp3) is 0.348. The number of hydrogen-bond donors (Lipinski definition) is 0. The molecule has 4 rings (SSSR count). The van der Waals surface area contributed by atoms with E-state index < -0.39 is 0 Å². The average Bonchev–Trinajstić information content (AvgIpc) is 3.12. The van der Waals surface area contributed by atoms with Crippen molar-refractivity contribution >= 4 is 0 Å². The van der Waals surface area contributed by atoms with Crippen molar-refractivity contribution in [2.75, 3.05) is 0 Å². The van der Waals surface area contributed by atoms with E-state index in [2.05, 4.69) is 77.7 Å². The van der Waals surface area contributed by atoms with E-state index in [4.69, 9.17) is 5.10 Å². The molecule has 0 bridgehead atoms. The van der Waals surface area contributed by atoms with Crippen molar-refractivity contribution in [1.82, 2.24) is 9.78 Å². The predicted octanol–water partition coefficient (Wildman–Crippen LogP) is 5.64. The van der Waals surface area contributed by atoms with Crippen molar-refractivity contribution in [2.24, 2.45) is 5.92 Å². The smallest absolute Gasteiger partial charge is 0.0531 e. The Hall–Kier alpha value is -2.35. The fourth-order valence-corrected chi connectivity index (χ4v) is 4.13. The summed E-state index contributed by atoms with van der Waals surface area (Å²) in [7, 11) is 0. The normalized spacial score (nSPS) is 15.6. The van der Waals surface area contributed by atoms with E-state index >= 15 is 0 Å². The van der Waals surface area contributed by atoms with Crippen molar-refractivity contribution in [2.45, 2.75) is 44.6 Å². The van der Waals surface area contributed by atoms with Gasteiger partial charge < -0.3 is 0 Å². The highest BCUT2D eigenvalue weighted by molar-refractivity contribution is 5.41. The zero-order valence-electron chi connectivity index (χ0n) is 14.7. The van der Waals surface area contributed by atoms with Crippen LogP contribution >= 0.6 is 0 Å². The van der Waals surface area contributed by atoms with Gasteiger partial charge in [-0.25, -0.2) is 0 Å². The molecule has 2 heteroatoms. The molecule has 0 amide bonds. The van der Waals surface area contributed by atoms with Crippen LogP contribution in [0, 0.1) is 5.92 Å². The maximum atomic E-state index is 4.70. The molecule has 2 nitrogen and oxygen atoms in total. The van der Waals surface area contributed by atoms with Crippen LogP contribution in [0.2, 0.25) is 0 Å². The molecule has 1 aliphatic rings. The van der Waals surface area contributed by atoms with Crippen molar-refractivity contribution in [3.05, 3.63) is 89.7 Å². The molecule has 1 aliphatic carbocycles. The van der Waals surface area contributed by atoms with Gasteiger partial charge in [0.1, 0.15) is 0 Å². The van der Waals surface area contributed by atoms with Gasteiger partial charge in [-0.2, -0.15) is 5.10 Å². The molecule has 0 atom stereocenters. The average molecular weight is 330 g/mol. The summed E-state index contributed by atoms with van der Waals surface area (Å²) in [5, 5.41) is 4.70. The Morgan fingerprint density at radius 2 is 1.40 bits per heavy atom. The first-order chi connectivity index (χ1) is 12.4. The topological polar surface area (TPSA) is 17.8 Å². The van der Waals surface area contributed by atoms with E-state index in [1.165, 1.54) is 48.8 Å². The Labute approximate surface area is 150 Å². The Bertz CT molecular complexity index is 731. The minimum atomic E-state index is 0.252. The lowest BCUT2D eigenvalue weighted by molar-refractivity contribution is 0.308. The molecule has 2 aromatic carbocycles. The molecule has 0 radical (unpaired) electrons. The zero-order valence-corrected chi connectivity index (χ0v) is 14.7. The number of aromatic nitrogens is 2. The van der Waals surface area contributed by atoms with Crippen molar-refractivity contribution < 1.29 is 0 Å². The van der Waals surface area contributed by atoms with Crippen LogP contribution in [0.1, 0.15) is 54.7 Å². The highest BCUT2D eigenvalue weighted by Crippen LogP contribution is 2.32. The van der Waals surface area contributed by atoms with Gasteiger partial charge in [0, 0.05) is 24.2 Å². The first kappa shape index (κ1) is 16.1. The van der Waals surface area contributed by atoms with Gasteiger partial charge in [-0.1, -0.05) is 79.9 Å². The lowest BCUT2D eigenvalue weighted by atomic mass is 9.87. The first-order valence-electron chi connectivity index (χ1n) is 9.52. The Kier molecular flexibility index (Phi) is 4.96. The second-order valence-corrected chi connectivity index (χ2v) is 7.25. The molecule has 1 fully saturated rings. The highest BCUT2D eigenvalue weighted by atomic mass is 15.3. The van der Waals surface area contributed by atoms with Crippen LogP contribution in [-0.2, 0) is 6.54 Å². The number of hydrogen-bond acceptors (Lipinski definition) is 1. The third-order valence-electron chi connectivity index (χ3n) is 5.42. The van der Waals surface area contributed by atoms with Crippen LogP contribution in [0.3, 0.4) is 0 Å². The second kappa shape index (κ2) is 7.69. The lowest BCUT2D eigenvalue weighted by Gasteiger charge is -2.21. The maximum Gasteiger partial charge on any atom is 0.0531 e. The van der Waals surface area contributed by atoms with Gasteiger partial charge in [-0.15, -0.1) is 0 Å². The molecule has 128 valence electrons. The third kappa shape index (κ3) is 3.84. The monoisotopic (exact) mass is 330 g/mol. The molecule has 0 spiro atoms. The number of nitrogens with zero attached hydrogens (tertiary/aromatic N) is 2. The predicted molar refractivity (Wildman–Crippen MR) is 103 cm³/mol. The maximum absolute atomic E-state index is 4.70. The lowest BCUT2D eigenvalue weighted by Crippen LogP contribution is -2.14. The summed E-state index contributed by atoms with van der Waals surface area (Å²) in [6, 6.07) is 21.5. The molecule has 1 saturated carbocycles. The van der Waals surface area contributed by atoms with Gasteiger partial charge in [-0.3, -0.25) is 4.68 Å². The molecule has 0 unspecified atom stereocenters. The number of rotatable bonds is 5. The largest absolute Gasteiger partial charge is 0.272 e. The Morgan fingerprint density at radius 3 is 2.00 bits per heavy atom. The van der Waals surface area contributed by atoms with E-state index in [1.54, 1.807) is 0 Å². The van der Waals surface area contributed by atoms with Gasteiger partial charge in [0.15, 0.2) is 0 Å². The van der Waals surface area contributed by atoms with Gasteiger partial charge in [-0.05, 0) is 29.9 Å². The zero-order chi connectivity index (χ0) is 16.9. The van der Waals surface area contributed by atoms with Crippen LogP contribution in [0.5, 0.6) is 0 Å². The summed E-state index contributed by atoms with van der Waals surface area (Å²) < 4.78 is 2.17. The summed E-state index contributed by atoms with van der Waals surface area (Å²) in [5.74, 6) is 1.05. The van der Waals surface area contributed by atoms with Crippen molar-refractivity contribution in [3.63, 3.8) is 0 Å². The van der Waals surface area contributed by atoms with E-state index in [1.807, 2.05) is 0 Å². The van der Waals surface area contributed by atoms with Gasteiger partial charge in [0.25, 0.3) is 0 Å². The summed E-state index contributed by atoms with van der Waals surface area (Å²) in [6.07, 6.45) is 11.2. The molecule has 0 N–H and O–H groups in total. The highest BCUT2D eigenvalue weighted by Gasteiger charge is 2.19. The molecular formula is C23H26N2. The van der Waals surface area contributed by atoms with Gasteiger partial charge in [0.2, 0.25) is 0 Å². The molecule has 1 aromatic heterocycles. The van der Waals surface area contributed by atoms with E-state index in [9.17, 15) is 0 Å². The van der Waals surface area contributed by atoms with Crippen molar-refractivity contribution in [1.29, 1.82) is 0 Å². The summed E-state index contributed by atoms with van der Waals surface area (Å²) >= 11 is 0. The van der Waals surface area contributed by atoms with Crippen LogP contribution in [0.4, 0.5) is 0 Å². The minimum absolute atomic E-state index is 0.252. The SMILES string of the molecule is c1ccc(C(c2ccccc2)c2cnn(CC3CCCCC3)c2)cc1. The molecule has 0 saturated heterocycles. The fourth-order valence-electron chi connectivity index (χ4n) is 4.13. The van der Waals surface area contributed by atoms with E-state index in [0.29, 0.717) is 0 Å². The van der Waals surface area contributed by atoms with Gasteiger partial charge >= 0.3 is 0 Å². The minimum Gasteiger partial charge on any atom is -0.272 e. The summed E-state index contributed by atoms with van der Waals surface area (Å²) in [6.45, 7) is 1.07. The van der Waals surface area contributed by atoms with Crippen LogP contribution < -0.4 is 0 Å². The molecular weight excluding hydrogens is 304 g/mol. The third-order valence-corrected chi connectivity index (χ3v) is 5.42. The second-order valence-electron chi connectivity index (χ2n) is 7.25. The number of benzene rings is 2. The van der Waals surface area contributed by atoms with Gasteiger partial charge in [0.05, 0.1) is 6.20 Å². The van der Waals surface area contributed by atoms with Crippen LogP contribution in [0.15, 0.2) is 73.1 Å². The molecule has 1 heterocycles. The summed E-state index contributed by atoms with van der Waals surface area (Å²) in [5.41, 5.74) is 3.94. The van der Waals surface area contributed by atoms with Crippen LogP contribution in [-0.4, -0.2) is 9.78 Å².